The molecule has 0 saturated heterocycles. The third-order valence-electron chi connectivity index (χ3n) is 3.24. The molecule has 0 aromatic carbocycles. The van der Waals surface area contributed by atoms with Gasteiger partial charge in [0.1, 0.15) is 0 Å². The van der Waals surface area contributed by atoms with E-state index in [1.807, 2.05) is 20.9 Å². The quantitative estimate of drug-likeness (QED) is 0.881. The number of halogens is 1. The molecule has 2 rings (SSSR count). The molecule has 90 valence electrons. The largest absolute Gasteiger partial charge is 0.390 e. The molecule has 1 aliphatic carbocycles. The van der Waals surface area contributed by atoms with E-state index in [9.17, 15) is 5.11 Å². The molecule has 0 amide bonds. The van der Waals surface area contributed by atoms with E-state index in [1.165, 1.54) is 12.8 Å². The molecule has 1 aromatic rings. The van der Waals surface area contributed by atoms with E-state index < -0.39 is 5.60 Å². The maximum absolute atomic E-state index is 10.3. The Balaban J connectivity index is 2.12. The molecular weight excluding hydrogens is 224 g/mol. The minimum atomic E-state index is -0.662. The highest BCUT2D eigenvalue weighted by atomic mass is 35.5. The molecule has 3 nitrogen and oxygen atoms in total. The molecular formula is C12H19ClN2O. The van der Waals surface area contributed by atoms with Crippen molar-refractivity contribution in [3.63, 3.8) is 0 Å². The first-order chi connectivity index (χ1) is 7.39. The maximum Gasteiger partial charge on any atom is 0.0848 e. The SMILES string of the molecule is Cc1nn(C)c(CC(C)(O)CC2CC2)c1Cl. The minimum absolute atomic E-state index is 0.583. The molecule has 1 saturated carbocycles. The van der Waals surface area contributed by atoms with Crippen molar-refractivity contribution in [3.05, 3.63) is 16.4 Å². The van der Waals surface area contributed by atoms with Crippen molar-refractivity contribution in [1.82, 2.24) is 9.78 Å². The van der Waals surface area contributed by atoms with E-state index in [1.54, 1.807) is 4.68 Å². The number of aliphatic hydroxyl groups is 1. The van der Waals surface area contributed by atoms with E-state index >= 15 is 0 Å². The van der Waals surface area contributed by atoms with Crippen molar-refractivity contribution in [3.8, 4) is 0 Å². The number of hydrogen-bond acceptors (Lipinski definition) is 2. The van der Waals surface area contributed by atoms with Gasteiger partial charge in [-0.05, 0) is 26.2 Å². The average molecular weight is 243 g/mol. The molecule has 0 aliphatic heterocycles. The number of aromatic nitrogens is 2. The summed E-state index contributed by atoms with van der Waals surface area (Å²) in [5, 5.41) is 15.3. The Morgan fingerprint density at radius 3 is 2.62 bits per heavy atom. The van der Waals surface area contributed by atoms with Crippen LogP contribution in [0.2, 0.25) is 5.02 Å². The second-order valence-electron chi connectivity index (χ2n) is 5.29. The van der Waals surface area contributed by atoms with Crippen molar-refractivity contribution in [2.24, 2.45) is 13.0 Å². The Hall–Kier alpha value is -0.540. The molecule has 0 spiro atoms. The molecule has 4 heteroatoms. The van der Waals surface area contributed by atoms with Crippen molar-refractivity contribution in [2.75, 3.05) is 0 Å². The summed E-state index contributed by atoms with van der Waals surface area (Å²) in [5.41, 5.74) is 1.11. The lowest BCUT2D eigenvalue weighted by Crippen LogP contribution is -2.29. The first-order valence-electron chi connectivity index (χ1n) is 5.79. The van der Waals surface area contributed by atoms with Gasteiger partial charge in [0.05, 0.1) is 22.0 Å². The topological polar surface area (TPSA) is 38.0 Å². The van der Waals surface area contributed by atoms with Crippen LogP contribution in [0.3, 0.4) is 0 Å². The van der Waals surface area contributed by atoms with Crippen LogP contribution in [0.25, 0.3) is 0 Å². The zero-order valence-electron chi connectivity index (χ0n) is 10.1. The third-order valence-corrected chi connectivity index (χ3v) is 3.73. The van der Waals surface area contributed by atoms with Crippen LogP contribution in [0.1, 0.15) is 37.6 Å². The molecule has 1 N–H and O–H groups in total. The van der Waals surface area contributed by atoms with Crippen molar-refractivity contribution in [1.29, 1.82) is 0 Å². The number of rotatable bonds is 4. The van der Waals surface area contributed by atoms with Crippen molar-refractivity contribution >= 4 is 11.6 Å². The van der Waals surface area contributed by atoms with Gasteiger partial charge in [-0.15, -0.1) is 0 Å². The zero-order chi connectivity index (χ0) is 11.9. The van der Waals surface area contributed by atoms with Gasteiger partial charge in [0, 0.05) is 13.5 Å². The summed E-state index contributed by atoms with van der Waals surface area (Å²) >= 11 is 6.18. The van der Waals surface area contributed by atoms with E-state index in [0.29, 0.717) is 17.4 Å². The van der Waals surface area contributed by atoms with Gasteiger partial charge in [0.15, 0.2) is 0 Å². The van der Waals surface area contributed by atoms with Gasteiger partial charge in [-0.3, -0.25) is 4.68 Å². The third kappa shape index (κ3) is 2.58. The highest BCUT2D eigenvalue weighted by Gasteiger charge is 2.33. The Bertz CT molecular complexity index is 394. The summed E-state index contributed by atoms with van der Waals surface area (Å²) in [6.45, 7) is 3.78. The van der Waals surface area contributed by atoms with E-state index in [4.69, 9.17) is 11.6 Å². The van der Waals surface area contributed by atoms with E-state index in [2.05, 4.69) is 5.10 Å². The molecule has 1 fully saturated rings. The predicted octanol–water partition coefficient (Wildman–Crippen LogP) is 2.48. The number of nitrogens with zero attached hydrogens (tertiary/aromatic N) is 2. The van der Waals surface area contributed by atoms with Crippen LogP contribution in [0.15, 0.2) is 0 Å². The normalized spacial score (nSPS) is 19.8. The Morgan fingerprint density at radius 1 is 1.56 bits per heavy atom. The number of aryl methyl sites for hydroxylation is 2. The fraction of sp³-hybridized carbons (Fsp3) is 0.750. The van der Waals surface area contributed by atoms with Crippen LogP contribution in [-0.2, 0) is 13.5 Å². The summed E-state index contributed by atoms with van der Waals surface area (Å²) in [7, 11) is 1.88. The molecule has 1 unspecified atom stereocenters. The van der Waals surface area contributed by atoms with Gasteiger partial charge in [0.2, 0.25) is 0 Å². The second-order valence-corrected chi connectivity index (χ2v) is 5.67. The molecule has 0 radical (unpaired) electrons. The van der Waals surface area contributed by atoms with Gasteiger partial charge in [-0.1, -0.05) is 24.4 Å². The maximum atomic E-state index is 10.3. The molecule has 16 heavy (non-hydrogen) atoms. The smallest absolute Gasteiger partial charge is 0.0848 e. The summed E-state index contributed by atoms with van der Waals surface area (Å²) < 4.78 is 1.78. The van der Waals surface area contributed by atoms with Crippen LogP contribution < -0.4 is 0 Å². The number of hydrogen-bond donors (Lipinski definition) is 1. The fourth-order valence-corrected chi connectivity index (χ4v) is 2.48. The van der Waals surface area contributed by atoms with Crippen LogP contribution in [0, 0.1) is 12.8 Å². The zero-order valence-corrected chi connectivity index (χ0v) is 10.9. The first-order valence-corrected chi connectivity index (χ1v) is 6.17. The molecule has 1 aromatic heterocycles. The Kier molecular flexibility index (Phi) is 3.01. The van der Waals surface area contributed by atoms with Gasteiger partial charge in [0.25, 0.3) is 0 Å². The van der Waals surface area contributed by atoms with Gasteiger partial charge in [-0.25, -0.2) is 0 Å². The minimum Gasteiger partial charge on any atom is -0.390 e. The second kappa shape index (κ2) is 4.04. The Morgan fingerprint density at radius 2 is 2.19 bits per heavy atom. The van der Waals surface area contributed by atoms with Crippen molar-refractivity contribution in [2.45, 2.75) is 45.1 Å². The summed E-state index contributed by atoms with van der Waals surface area (Å²) in [6.07, 6.45) is 3.97. The van der Waals surface area contributed by atoms with E-state index in [0.717, 1.165) is 17.8 Å². The molecule has 1 atom stereocenters. The van der Waals surface area contributed by atoms with Crippen LogP contribution in [-0.4, -0.2) is 20.5 Å². The predicted molar refractivity (Wildman–Crippen MR) is 64.6 cm³/mol. The molecule has 1 aliphatic rings. The lowest BCUT2D eigenvalue weighted by Gasteiger charge is -2.23. The summed E-state index contributed by atoms with van der Waals surface area (Å²) in [4.78, 5) is 0. The summed E-state index contributed by atoms with van der Waals surface area (Å²) in [5.74, 6) is 0.711. The Labute approximate surface area is 101 Å². The van der Waals surface area contributed by atoms with Crippen LogP contribution in [0.5, 0.6) is 0 Å². The lowest BCUT2D eigenvalue weighted by atomic mass is 9.93. The first kappa shape index (κ1) is 11.9. The van der Waals surface area contributed by atoms with Crippen LogP contribution >= 0.6 is 11.6 Å². The van der Waals surface area contributed by atoms with Gasteiger partial charge >= 0.3 is 0 Å². The standard InChI is InChI=1S/C12H19ClN2O/c1-8-11(13)10(15(3)14-8)7-12(2,16)6-9-4-5-9/h9,16H,4-7H2,1-3H3. The highest BCUT2D eigenvalue weighted by Crippen LogP contribution is 2.38. The van der Waals surface area contributed by atoms with E-state index in [-0.39, 0.29) is 0 Å². The van der Waals surface area contributed by atoms with Crippen molar-refractivity contribution < 1.29 is 5.11 Å². The fourth-order valence-electron chi connectivity index (χ4n) is 2.25. The van der Waals surface area contributed by atoms with Gasteiger partial charge in [-0.2, -0.15) is 5.10 Å². The van der Waals surface area contributed by atoms with Crippen LogP contribution in [0.4, 0.5) is 0 Å². The van der Waals surface area contributed by atoms with Gasteiger partial charge < -0.3 is 5.11 Å². The monoisotopic (exact) mass is 242 g/mol. The molecule has 0 bridgehead atoms. The lowest BCUT2D eigenvalue weighted by molar-refractivity contribution is 0.0437. The molecule has 1 heterocycles. The highest BCUT2D eigenvalue weighted by molar-refractivity contribution is 6.31. The average Bonchev–Trinajstić information content (AvgIpc) is 2.91. The summed E-state index contributed by atoms with van der Waals surface area (Å²) in [6, 6.07) is 0.